The van der Waals surface area contributed by atoms with Crippen molar-refractivity contribution in [3.8, 4) is 0 Å². The van der Waals surface area contributed by atoms with E-state index in [-0.39, 0.29) is 5.96 Å². The minimum absolute atomic E-state index is 0.189. The first-order valence-electron chi connectivity index (χ1n) is 4.06. The van der Waals surface area contributed by atoms with Crippen molar-refractivity contribution in [1.29, 1.82) is 0 Å². The molecule has 2 heterocycles. The molecule has 1 saturated heterocycles. The molecule has 7 heteroatoms. The Labute approximate surface area is 94.1 Å². The van der Waals surface area contributed by atoms with Crippen molar-refractivity contribution in [2.24, 2.45) is 4.99 Å². The summed E-state index contributed by atoms with van der Waals surface area (Å²) in [6.07, 6.45) is 0. The van der Waals surface area contributed by atoms with Gasteiger partial charge in [-0.2, -0.15) is 0 Å². The summed E-state index contributed by atoms with van der Waals surface area (Å²) >= 11 is 7.14. The maximum Gasteiger partial charge on any atom is 0.316 e. The molecule has 1 aliphatic heterocycles. The highest BCUT2D eigenvalue weighted by Gasteiger charge is 2.24. The summed E-state index contributed by atoms with van der Waals surface area (Å²) in [6, 6.07) is 3.61. The van der Waals surface area contributed by atoms with Crippen LogP contribution in [0.15, 0.2) is 17.1 Å². The van der Waals surface area contributed by atoms with Gasteiger partial charge in [0.1, 0.15) is 0 Å². The van der Waals surface area contributed by atoms with Crippen molar-refractivity contribution in [1.82, 2.24) is 10.6 Å². The molecule has 1 fully saturated rings. The fourth-order valence-corrected chi connectivity index (χ4v) is 2.04. The van der Waals surface area contributed by atoms with Gasteiger partial charge in [-0.15, -0.1) is 11.3 Å². The Bertz CT molecular complexity index is 436. The fraction of sp³-hybridized carbons (Fsp3) is 0.125. The zero-order valence-corrected chi connectivity index (χ0v) is 8.98. The predicted octanol–water partition coefficient (Wildman–Crippen LogP) is 0.503. The number of thiophene rings is 1. The van der Waals surface area contributed by atoms with Gasteiger partial charge in [-0.3, -0.25) is 20.2 Å². The first-order valence-corrected chi connectivity index (χ1v) is 5.25. The van der Waals surface area contributed by atoms with Crippen LogP contribution >= 0.6 is 22.9 Å². The average molecular weight is 244 g/mol. The van der Waals surface area contributed by atoms with E-state index >= 15 is 0 Å². The largest absolute Gasteiger partial charge is 0.316 e. The maximum atomic E-state index is 10.8. The number of hydrogen-bond acceptors (Lipinski definition) is 4. The van der Waals surface area contributed by atoms with Crippen molar-refractivity contribution in [3.05, 3.63) is 21.3 Å². The minimum atomic E-state index is -0.682. The summed E-state index contributed by atoms with van der Waals surface area (Å²) < 4.78 is 0.685. The summed E-state index contributed by atoms with van der Waals surface area (Å²) in [5.41, 5.74) is 0. The van der Waals surface area contributed by atoms with Gasteiger partial charge in [0.15, 0.2) is 0 Å². The predicted molar refractivity (Wildman–Crippen MR) is 56.8 cm³/mol. The number of halogens is 1. The Morgan fingerprint density at radius 2 is 1.93 bits per heavy atom. The molecule has 2 N–H and O–H groups in total. The Kier molecular flexibility index (Phi) is 2.70. The zero-order chi connectivity index (χ0) is 10.8. The number of rotatable bonds is 2. The standard InChI is InChI=1S/C8H6ClN3O2S/c9-5-2-1-4(15-5)3-10-8-11-6(13)7(14)12-8/h1-2H,3H2,(H2,10,11,12,13,14). The second kappa shape index (κ2) is 4.00. The van der Waals surface area contributed by atoms with Crippen LogP contribution in [0.5, 0.6) is 0 Å². The van der Waals surface area contributed by atoms with Crippen LogP contribution in [-0.2, 0) is 16.1 Å². The summed E-state index contributed by atoms with van der Waals surface area (Å²) in [5.74, 6) is -1.18. The van der Waals surface area contributed by atoms with E-state index < -0.39 is 11.8 Å². The molecule has 5 nitrogen and oxygen atoms in total. The molecule has 0 unspecified atom stereocenters. The lowest BCUT2D eigenvalue weighted by atomic mass is 10.5. The number of nitrogens with zero attached hydrogens (tertiary/aromatic N) is 1. The molecule has 0 bridgehead atoms. The number of guanidine groups is 1. The van der Waals surface area contributed by atoms with Crippen LogP contribution in [0.2, 0.25) is 4.34 Å². The van der Waals surface area contributed by atoms with Gasteiger partial charge in [0, 0.05) is 4.88 Å². The molecule has 1 aromatic rings. The van der Waals surface area contributed by atoms with Gasteiger partial charge >= 0.3 is 11.8 Å². The van der Waals surface area contributed by atoms with Crippen LogP contribution in [0.1, 0.15) is 4.88 Å². The minimum Gasteiger partial charge on any atom is -0.288 e. The molecule has 78 valence electrons. The smallest absolute Gasteiger partial charge is 0.288 e. The highest BCUT2D eigenvalue weighted by molar-refractivity contribution is 7.16. The number of nitrogens with one attached hydrogen (secondary N) is 2. The van der Waals surface area contributed by atoms with E-state index in [2.05, 4.69) is 15.6 Å². The average Bonchev–Trinajstić information content (AvgIpc) is 2.72. The SMILES string of the molecule is O=C1NC(=NCc2ccc(Cl)s2)NC1=O. The van der Waals surface area contributed by atoms with Crippen LogP contribution in [-0.4, -0.2) is 17.8 Å². The molecule has 1 aliphatic rings. The fourth-order valence-electron chi connectivity index (χ4n) is 1.03. The summed E-state index contributed by atoms with van der Waals surface area (Å²) in [4.78, 5) is 26.5. The third-order valence-corrected chi connectivity index (χ3v) is 2.91. The molecule has 0 atom stereocenters. The zero-order valence-electron chi connectivity index (χ0n) is 7.41. The molecule has 2 amide bonds. The quantitative estimate of drug-likeness (QED) is 0.743. The topological polar surface area (TPSA) is 70.6 Å². The normalized spacial score (nSPS) is 15.1. The third-order valence-electron chi connectivity index (χ3n) is 1.69. The molecule has 2 rings (SSSR count). The number of carbonyl (C=O) groups is 2. The summed E-state index contributed by atoms with van der Waals surface area (Å²) in [7, 11) is 0. The monoisotopic (exact) mass is 243 g/mol. The van der Waals surface area contributed by atoms with Crippen molar-refractivity contribution in [2.45, 2.75) is 6.54 Å². The molecule has 1 aromatic heterocycles. The maximum absolute atomic E-state index is 10.8. The molecule has 15 heavy (non-hydrogen) atoms. The van der Waals surface area contributed by atoms with Gasteiger partial charge in [0.2, 0.25) is 5.96 Å². The van der Waals surface area contributed by atoms with Crippen molar-refractivity contribution < 1.29 is 9.59 Å². The Balaban J connectivity index is 2.01. The lowest BCUT2D eigenvalue weighted by molar-refractivity contribution is -0.135. The first kappa shape index (κ1) is 10.1. The highest BCUT2D eigenvalue weighted by atomic mass is 35.5. The van der Waals surface area contributed by atoms with E-state index in [0.29, 0.717) is 10.9 Å². The number of aliphatic imine (C=N–C) groups is 1. The lowest BCUT2D eigenvalue weighted by Crippen LogP contribution is -2.25. The van der Waals surface area contributed by atoms with Gasteiger partial charge in [0.25, 0.3) is 0 Å². The Morgan fingerprint density at radius 1 is 1.27 bits per heavy atom. The Hall–Kier alpha value is -1.40. The molecule has 0 aromatic carbocycles. The van der Waals surface area contributed by atoms with Crippen LogP contribution in [0.3, 0.4) is 0 Å². The van der Waals surface area contributed by atoms with Crippen LogP contribution in [0.4, 0.5) is 0 Å². The summed E-state index contributed by atoms with van der Waals surface area (Å²) in [5, 5.41) is 4.61. The molecular formula is C8H6ClN3O2S. The second-order valence-corrected chi connectivity index (χ2v) is 4.58. The third kappa shape index (κ3) is 2.34. The van der Waals surface area contributed by atoms with E-state index in [4.69, 9.17) is 11.6 Å². The van der Waals surface area contributed by atoms with Gasteiger partial charge in [-0.1, -0.05) is 11.6 Å². The van der Waals surface area contributed by atoms with E-state index in [1.54, 1.807) is 6.07 Å². The summed E-state index contributed by atoms with van der Waals surface area (Å²) in [6.45, 7) is 0.382. The van der Waals surface area contributed by atoms with Crippen molar-refractivity contribution in [2.75, 3.05) is 0 Å². The molecule has 0 saturated carbocycles. The van der Waals surface area contributed by atoms with Crippen LogP contribution in [0, 0.1) is 0 Å². The number of hydrogen-bond donors (Lipinski definition) is 2. The number of amides is 2. The van der Waals surface area contributed by atoms with E-state index in [0.717, 1.165) is 4.88 Å². The number of carbonyl (C=O) groups excluding carboxylic acids is 2. The second-order valence-electron chi connectivity index (χ2n) is 2.78. The van der Waals surface area contributed by atoms with E-state index in [9.17, 15) is 9.59 Å². The van der Waals surface area contributed by atoms with Gasteiger partial charge in [-0.05, 0) is 12.1 Å². The first-order chi connectivity index (χ1) is 7.15. The lowest BCUT2D eigenvalue weighted by Gasteiger charge is -1.94. The van der Waals surface area contributed by atoms with Gasteiger partial charge < -0.3 is 0 Å². The molecule has 0 spiro atoms. The highest BCUT2D eigenvalue weighted by Crippen LogP contribution is 2.21. The van der Waals surface area contributed by atoms with E-state index in [1.807, 2.05) is 6.07 Å². The van der Waals surface area contributed by atoms with Crippen LogP contribution < -0.4 is 10.6 Å². The van der Waals surface area contributed by atoms with Crippen molar-refractivity contribution >= 4 is 40.7 Å². The van der Waals surface area contributed by atoms with Crippen molar-refractivity contribution in [3.63, 3.8) is 0 Å². The Morgan fingerprint density at radius 3 is 2.47 bits per heavy atom. The molecular weight excluding hydrogens is 238 g/mol. The molecule has 0 aliphatic carbocycles. The van der Waals surface area contributed by atoms with Crippen LogP contribution in [0.25, 0.3) is 0 Å². The van der Waals surface area contributed by atoms with E-state index in [1.165, 1.54) is 11.3 Å². The molecule has 0 radical (unpaired) electrons. The van der Waals surface area contributed by atoms with Gasteiger partial charge in [-0.25, -0.2) is 4.99 Å². The van der Waals surface area contributed by atoms with Gasteiger partial charge in [0.05, 0.1) is 10.9 Å².